The summed E-state index contributed by atoms with van der Waals surface area (Å²) in [5, 5.41) is 11.3. The molecular weight excluding hydrogens is 433 g/mol. The second-order valence-corrected chi connectivity index (χ2v) is 6.76. The number of nitrogens with zero attached hydrogens (tertiary/aromatic N) is 2. The number of amides is 4. The topological polar surface area (TPSA) is 109 Å². The number of methoxy groups -OCH3 is 1. The second kappa shape index (κ2) is 8.86. The molecule has 0 radical (unpaired) electrons. The number of urea groups is 1. The molecular formula is C20H13Cl2N3O5. The maximum atomic E-state index is 12.9. The molecule has 1 aliphatic rings. The number of hydrogen-bond acceptors (Lipinski definition) is 6. The molecule has 0 aromatic heterocycles. The molecule has 30 heavy (non-hydrogen) atoms. The zero-order valence-electron chi connectivity index (χ0n) is 15.4. The van der Waals surface area contributed by atoms with Crippen molar-refractivity contribution in [2.75, 3.05) is 18.6 Å². The van der Waals surface area contributed by atoms with Crippen molar-refractivity contribution in [2.45, 2.75) is 0 Å². The lowest BCUT2D eigenvalue weighted by atomic mass is 10.1. The van der Waals surface area contributed by atoms with Crippen molar-refractivity contribution < 1.29 is 23.9 Å². The maximum absolute atomic E-state index is 12.9. The number of hydrogen-bond donors (Lipinski definition) is 1. The summed E-state index contributed by atoms with van der Waals surface area (Å²) in [6.07, 6.45) is 1.27. The molecule has 10 heteroatoms. The first-order valence-corrected chi connectivity index (χ1v) is 9.15. The van der Waals surface area contributed by atoms with Crippen LogP contribution < -0.4 is 19.7 Å². The van der Waals surface area contributed by atoms with Gasteiger partial charge < -0.3 is 9.47 Å². The first kappa shape index (κ1) is 21.2. The highest BCUT2D eigenvalue weighted by Gasteiger charge is 2.36. The number of barbiturate groups is 1. The molecule has 3 rings (SSSR count). The minimum atomic E-state index is -0.875. The van der Waals surface area contributed by atoms with Crippen LogP contribution in [-0.2, 0) is 9.59 Å². The Hall–Kier alpha value is -3.54. The molecule has 1 aliphatic heterocycles. The van der Waals surface area contributed by atoms with Crippen LogP contribution in [0.25, 0.3) is 6.08 Å². The van der Waals surface area contributed by atoms with Crippen molar-refractivity contribution in [3.8, 4) is 17.6 Å². The number of rotatable bonds is 5. The number of imide groups is 2. The van der Waals surface area contributed by atoms with E-state index in [0.29, 0.717) is 10.6 Å². The van der Waals surface area contributed by atoms with Gasteiger partial charge in [0.25, 0.3) is 11.8 Å². The van der Waals surface area contributed by atoms with Crippen LogP contribution in [0.4, 0.5) is 10.5 Å². The smallest absolute Gasteiger partial charge is 0.335 e. The van der Waals surface area contributed by atoms with Gasteiger partial charge in [-0.05, 0) is 48.0 Å². The molecule has 0 bridgehead atoms. The molecule has 0 spiro atoms. The number of benzene rings is 2. The number of nitriles is 1. The van der Waals surface area contributed by atoms with Crippen LogP contribution in [-0.4, -0.2) is 31.6 Å². The van der Waals surface area contributed by atoms with Crippen LogP contribution in [0, 0.1) is 11.3 Å². The predicted octanol–water partition coefficient (Wildman–Crippen LogP) is 3.57. The van der Waals surface area contributed by atoms with E-state index in [-0.39, 0.29) is 34.4 Å². The number of carbonyl (C=O) groups is 3. The summed E-state index contributed by atoms with van der Waals surface area (Å²) >= 11 is 12.0. The van der Waals surface area contributed by atoms with Crippen LogP contribution >= 0.6 is 23.2 Å². The van der Waals surface area contributed by atoms with Crippen LogP contribution in [0.1, 0.15) is 5.56 Å². The van der Waals surface area contributed by atoms with Crippen LogP contribution in [0.3, 0.4) is 0 Å². The van der Waals surface area contributed by atoms with E-state index in [9.17, 15) is 14.4 Å². The third-order valence-electron chi connectivity index (χ3n) is 4.03. The van der Waals surface area contributed by atoms with E-state index in [0.717, 1.165) is 4.90 Å². The molecule has 152 valence electrons. The van der Waals surface area contributed by atoms with Gasteiger partial charge in [0.1, 0.15) is 11.6 Å². The third kappa shape index (κ3) is 4.22. The molecule has 4 amide bonds. The number of halogens is 2. The second-order valence-electron chi connectivity index (χ2n) is 5.92. The fourth-order valence-electron chi connectivity index (χ4n) is 2.72. The van der Waals surface area contributed by atoms with Crippen LogP contribution in [0.15, 0.2) is 42.0 Å². The van der Waals surface area contributed by atoms with Crippen molar-refractivity contribution in [1.29, 1.82) is 5.26 Å². The Bertz CT molecular complexity index is 1110. The number of carbonyl (C=O) groups excluding carboxylic acids is 3. The van der Waals surface area contributed by atoms with Gasteiger partial charge >= 0.3 is 6.03 Å². The third-order valence-corrected chi connectivity index (χ3v) is 4.56. The Kier molecular flexibility index (Phi) is 6.26. The summed E-state index contributed by atoms with van der Waals surface area (Å²) in [5.74, 6) is -1.31. The van der Waals surface area contributed by atoms with E-state index in [4.69, 9.17) is 37.9 Å². The Morgan fingerprint density at radius 2 is 1.87 bits per heavy atom. The van der Waals surface area contributed by atoms with Crippen molar-refractivity contribution in [3.63, 3.8) is 0 Å². The molecule has 2 aromatic rings. The molecule has 1 saturated heterocycles. The Labute approximate surface area is 181 Å². The SMILES string of the molecule is COc1cc(/C=C2\C(=O)NC(=O)N(c3ccc(Cl)cc3)C2=O)cc(Cl)c1OCC#N. The molecule has 2 aromatic carbocycles. The average molecular weight is 446 g/mol. The van der Waals surface area contributed by atoms with Gasteiger partial charge in [0, 0.05) is 5.02 Å². The summed E-state index contributed by atoms with van der Waals surface area (Å²) in [5.41, 5.74) is 0.314. The number of nitrogens with one attached hydrogen (secondary N) is 1. The molecule has 1 N–H and O–H groups in total. The van der Waals surface area contributed by atoms with Crippen LogP contribution in [0.2, 0.25) is 10.0 Å². The van der Waals surface area contributed by atoms with E-state index in [2.05, 4.69) is 5.32 Å². The van der Waals surface area contributed by atoms with Crippen molar-refractivity contribution in [2.24, 2.45) is 0 Å². The van der Waals surface area contributed by atoms with E-state index < -0.39 is 17.8 Å². The van der Waals surface area contributed by atoms with Gasteiger partial charge in [-0.2, -0.15) is 5.26 Å². The molecule has 0 unspecified atom stereocenters. The molecule has 0 saturated carbocycles. The Morgan fingerprint density at radius 1 is 1.17 bits per heavy atom. The lowest BCUT2D eigenvalue weighted by Crippen LogP contribution is -2.54. The summed E-state index contributed by atoms with van der Waals surface area (Å²) in [7, 11) is 1.38. The van der Waals surface area contributed by atoms with Gasteiger partial charge in [-0.3, -0.25) is 14.9 Å². The number of anilines is 1. The molecule has 0 atom stereocenters. The summed E-state index contributed by atoms with van der Waals surface area (Å²) in [6, 6.07) is 9.86. The van der Waals surface area contributed by atoms with E-state index in [1.165, 1.54) is 49.6 Å². The van der Waals surface area contributed by atoms with Gasteiger partial charge in [0.15, 0.2) is 18.1 Å². The molecule has 1 heterocycles. The van der Waals surface area contributed by atoms with E-state index in [1.54, 1.807) is 0 Å². The lowest BCUT2D eigenvalue weighted by molar-refractivity contribution is -0.122. The predicted molar refractivity (Wildman–Crippen MR) is 110 cm³/mol. The zero-order chi connectivity index (χ0) is 21.8. The highest BCUT2D eigenvalue weighted by atomic mass is 35.5. The molecule has 8 nitrogen and oxygen atoms in total. The highest BCUT2D eigenvalue weighted by Crippen LogP contribution is 2.37. The summed E-state index contributed by atoms with van der Waals surface area (Å²) in [4.78, 5) is 38.3. The van der Waals surface area contributed by atoms with E-state index in [1.807, 2.05) is 6.07 Å². The molecule has 0 aliphatic carbocycles. The monoisotopic (exact) mass is 445 g/mol. The van der Waals surface area contributed by atoms with E-state index >= 15 is 0 Å². The first-order valence-electron chi connectivity index (χ1n) is 8.40. The summed E-state index contributed by atoms with van der Waals surface area (Å²) in [6.45, 7) is -0.241. The quantitative estimate of drug-likeness (QED) is 0.556. The van der Waals surface area contributed by atoms with Crippen LogP contribution in [0.5, 0.6) is 11.5 Å². The van der Waals surface area contributed by atoms with Crippen molar-refractivity contribution in [3.05, 3.63) is 57.6 Å². The zero-order valence-corrected chi connectivity index (χ0v) is 17.0. The Balaban J connectivity index is 2.01. The fraction of sp³-hybridized carbons (Fsp3) is 0.100. The largest absolute Gasteiger partial charge is 0.493 e. The molecule has 1 fully saturated rings. The maximum Gasteiger partial charge on any atom is 0.335 e. The minimum absolute atomic E-state index is 0.116. The van der Waals surface area contributed by atoms with Gasteiger partial charge in [0.2, 0.25) is 0 Å². The van der Waals surface area contributed by atoms with Gasteiger partial charge in [-0.1, -0.05) is 23.2 Å². The normalized spacial score (nSPS) is 15.1. The van der Waals surface area contributed by atoms with Crippen molar-refractivity contribution in [1.82, 2.24) is 5.32 Å². The fourth-order valence-corrected chi connectivity index (χ4v) is 3.12. The van der Waals surface area contributed by atoms with Gasteiger partial charge in [0.05, 0.1) is 17.8 Å². The standard InChI is InChI=1S/C20H13Cl2N3O5/c1-29-16-10-11(9-15(22)17(16)30-7-6-23)8-14-18(26)24-20(28)25(19(14)27)13-4-2-12(21)3-5-13/h2-5,8-10H,7H2,1H3,(H,24,26,28)/b14-8+. The Morgan fingerprint density at radius 3 is 2.50 bits per heavy atom. The highest BCUT2D eigenvalue weighted by molar-refractivity contribution is 6.39. The first-order chi connectivity index (χ1) is 14.3. The summed E-state index contributed by atoms with van der Waals surface area (Å²) < 4.78 is 10.5. The van der Waals surface area contributed by atoms with Gasteiger partial charge in [-0.15, -0.1) is 0 Å². The number of ether oxygens (including phenoxy) is 2. The van der Waals surface area contributed by atoms with Crippen molar-refractivity contribution >= 4 is 52.8 Å². The lowest BCUT2D eigenvalue weighted by Gasteiger charge is -2.26. The minimum Gasteiger partial charge on any atom is -0.493 e. The average Bonchev–Trinajstić information content (AvgIpc) is 2.71. The van der Waals surface area contributed by atoms with Gasteiger partial charge in [-0.25, -0.2) is 9.69 Å².